The number of ether oxygens (including phenoxy) is 5. The van der Waals surface area contributed by atoms with Crippen molar-refractivity contribution >= 4 is 11.9 Å². The minimum atomic E-state index is -1.91. The monoisotopic (exact) mass is 410 g/mol. The second-order valence-electron chi connectivity index (χ2n) is 8.11. The highest BCUT2D eigenvalue weighted by molar-refractivity contribution is 6.08. The summed E-state index contributed by atoms with van der Waals surface area (Å²) in [5.74, 6) is 1.76. The van der Waals surface area contributed by atoms with Gasteiger partial charge in [-0.25, -0.2) is 0 Å². The molecular formula is C23H22O7. The van der Waals surface area contributed by atoms with Crippen molar-refractivity contribution in [1.29, 1.82) is 0 Å². The zero-order valence-corrected chi connectivity index (χ0v) is 17.1. The van der Waals surface area contributed by atoms with E-state index in [0.717, 1.165) is 0 Å². The number of ketones is 1. The van der Waals surface area contributed by atoms with Crippen LogP contribution in [0.2, 0.25) is 0 Å². The average molecular weight is 410 g/mol. The molecular weight excluding hydrogens is 388 g/mol. The summed E-state index contributed by atoms with van der Waals surface area (Å²) in [6, 6.07) is 6.54. The molecule has 0 spiro atoms. The van der Waals surface area contributed by atoms with Crippen LogP contribution in [0.5, 0.6) is 28.7 Å². The molecule has 0 bridgehead atoms. The van der Waals surface area contributed by atoms with Gasteiger partial charge in [0, 0.05) is 11.6 Å². The average Bonchev–Trinajstić information content (AvgIpc) is 2.73. The van der Waals surface area contributed by atoms with Gasteiger partial charge in [0.2, 0.25) is 5.78 Å². The molecule has 1 N–H and O–H groups in total. The van der Waals surface area contributed by atoms with E-state index in [4.69, 9.17) is 23.7 Å². The first-order valence-electron chi connectivity index (χ1n) is 9.67. The van der Waals surface area contributed by atoms with Gasteiger partial charge in [-0.15, -0.1) is 0 Å². The van der Waals surface area contributed by atoms with Gasteiger partial charge in [-0.3, -0.25) is 4.79 Å². The van der Waals surface area contributed by atoms with Crippen molar-refractivity contribution in [2.24, 2.45) is 0 Å². The third-order valence-electron chi connectivity index (χ3n) is 5.78. The molecule has 7 heteroatoms. The molecule has 3 aliphatic rings. The first-order valence-corrected chi connectivity index (χ1v) is 9.67. The molecule has 156 valence electrons. The fourth-order valence-electron chi connectivity index (χ4n) is 4.21. The number of benzene rings is 2. The second-order valence-corrected chi connectivity index (χ2v) is 8.11. The molecule has 0 saturated carbocycles. The normalized spacial score (nSPS) is 24.8. The summed E-state index contributed by atoms with van der Waals surface area (Å²) in [7, 11) is 3.00. The van der Waals surface area contributed by atoms with Gasteiger partial charge in [0.25, 0.3) is 0 Å². The molecule has 2 aromatic rings. The smallest absolute Gasteiger partial charge is 0.206 e. The molecule has 3 aliphatic heterocycles. The second kappa shape index (κ2) is 6.15. The van der Waals surface area contributed by atoms with Crippen molar-refractivity contribution in [3.8, 4) is 28.7 Å². The number of hydrogen-bond donors (Lipinski definition) is 1. The Kier molecular flexibility index (Phi) is 3.86. The zero-order chi connectivity index (χ0) is 21.3. The number of fused-ring (bicyclic) bond motifs is 6. The van der Waals surface area contributed by atoms with E-state index in [9.17, 15) is 9.90 Å². The molecule has 5 rings (SSSR count). The lowest BCUT2D eigenvalue weighted by Gasteiger charge is -2.44. The van der Waals surface area contributed by atoms with Gasteiger partial charge in [0.15, 0.2) is 23.2 Å². The topological polar surface area (TPSA) is 83.5 Å². The molecule has 0 fully saturated rings. The molecule has 0 radical (unpaired) electrons. The molecule has 0 aliphatic carbocycles. The van der Waals surface area contributed by atoms with Crippen LogP contribution in [0.25, 0.3) is 6.08 Å². The predicted molar refractivity (Wildman–Crippen MR) is 108 cm³/mol. The summed E-state index contributed by atoms with van der Waals surface area (Å²) < 4.78 is 28.6. The molecule has 2 atom stereocenters. The van der Waals surface area contributed by atoms with E-state index in [1.54, 1.807) is 24.3 Å². The standard InChI is InChI=1S/C23H22O7/c1-22(2)8-7-12-15(30-22)6-5-13-20(12)29-19-11-28-16-10-18(27-4)17(26-3)9-14(16)23(19,25)21(13)24/h5-10,19,25H,11H2,1-4H3/t19-,23+/m0/s1. The molecule has 0 amide bonds. The molecule has 0 aromatic heterocycles. The first-order chi connectivity index (χ1) is 14.3. The number of carbonyl (C=O) groups is 1. The lowest BCUT2D eigenvalue weighted by atomic mass is 9.77. The van der Waals surface area contributed by atoms with Crippen LogP contribution in [0.4, 0.5) is 0 Å². The third-order valence-corrected chi connectivity index (χ3v) is 5.78. The number of hydrogen-bond acceptors (Lipinski definition) is 7. The van der Waals surface area contributed by atoms with E-state index in [0.29, 0.717) is 39.9 Å². The summed E-state index contributed by atoms with van der Waals surface area (Å²) in [5, 5.41) is 11.6. The fraction of sp³-hybridized carbons (Fsp3) is 0.348. The maximum absolute atomic E-state index is 13.6. The highest BCUT2D eigenvalue weighted by Crippen LogP contribution is 2.51. The van der Waals surface area contributed by atoms with Crippen LogP contribution < -0.4 is 23.7 Å². The summed E-state index contributed by atoms with van der Waals surface area (Å²) in [6.07, 6.45) is 2.88. The number of methoxy groups -OCH3 is 2. The number of Topliss-reactive ketones (excluding diaryl/α,β-unsaturated/α-hetero) is 1. The van der Waals surface area contributed by atoms with E-state index in [1.165, 1.54) is 14.2 Å². The predicted octanol–water partition coefficient (Wildman–Crippen LogP) is 3.11. The summed E-state index contributed by atoms with van der Waals surface area (Å²) in [6.45, 7) is 3.90. The third kappa shape index (κ3) is 2.45. The highest BCUT2D eigenvalue weighted by atomic mass is 16.6. The van der Waals surface area contributed by atoms with Gasteiger partial charge in [-0.05, 0) is 44.2 Å². The lowest BCUT2D eigenvalue weighted by molar-refractivity contribution is -0.0802. The lowest BCUT2D eigenvalue weighted by Crippen LogP contribution is -2.57. The Hall–Kier alpha value is -3.19. The first kappa shape index (κ1) is 18.8. The maximum atomic E-state index is 13.6. The van der Waals surface area contributed by atoms with Crippen molar-refractivity contribution in [3.05, 3.63) is 47.0 Å². The number of carbonyl (C=O) groups excluding carboxylic acids is 1. The quantitative estimate of drug-likeness (QED) is 0.814. The minimum absolute atomic E-state index is 0.00386. The van der Waals surface area contributed by atoms with E-state index in [2.05, 4.69) is 0 Å². The Morgan fingerprint density at radius 3 is 2.57 bits per heavy atom. The van der Waals surface area contributed by atoms with Crippen LogP contribution in [-0.2, 0) is 5.60 Å². The van der Waals surface area contributed by atoms with Crippen LogP contribution in [0, 0.1) is 0 Å². The van der Waals surface area contributed by atoms with Crippen LogP contribution in [0.15, 0.2) is 30.3 Å². The summed E-state index contributed by atoms with van der Waals surface area (Å²) in [4.78, 5) is 13.6. The maximum Gasteiger partial charge on any atom is 0.206 e. The highest BCUT2D eigenvalue weighted by Gasteiger charge is 2.56. The van der Waals surface area contributed by atoms with Gasteiger partial charge in [-0.1, -0.05) is 0 Å². The summed E-state index contributed by atoms with van der Waals surface area (Å²) >= 11 is 0. The molecule has 0 saturated heterocycles. The van der Waals surface area contributed by atoms with Gasteiger partial charge in [-0.2, -0.15) is 0 Å². The Morgan fingerprint density at radius 1 is 1.10 bits per heavy atom. The number of aliphatic hydroxyl groups is 1. The summed E-state index contributed by atoms with van der Waals surface area (Å²) in [5.41, 5.74) is -1.10. The van der Waals surface area contributed by atoms with Gasteiger partial charge in [0.1, 0.15) is 29.5 Å². The zero-order valence-electron chi connectivity index (χ0n) is 17.1. The van der Waals surface area contributed by atoms with Crippen molar-refractivity contribution in [3.63, 3.8) is 0 Å². The van der Waals surface area contributed by atoms with E-state index < -0.39 is 23.1 Å². The van der Waals surface area contributed by atoms with Gasteiger partial charge in [0.05, 0.1) is 25.3 Å². The fourth-order valence-corrected chi connectivity index (χ4v) is 4.21. The van der Waals surface area contributed by atoms with Crippen LogP contribution >= 0.6 is 0 Å². The Balaban J connectivity index is 1.66. The SMILES string of the molecule is COc1cc2c(cc1OC)[C@]1(O)C(=O)c3ccc4c(c3O[C@H]1CO2)C=CC(C)(C)O4. The van der Waals surface area contributed by atoms with E-state index in [-0.39, 0.29) is 12.2 Å². The number of rotatable bonds is 2. The van der Waals surface area contributed by atoms with E-state index >= 15 is 0 Å². The molecule has 2 aromatic carbocycles. The Morgan fingerprint density at radius 2 is 1.83 bits per heavy atom. The van der Waals surface area contributed by atoms with Gasteiger partial charge < -0.3 is 28.8 Å². The molecule has 0 unspecified atom stereocenters. The van der Waals surface area contributed by atoms with E-state index in [1.807, 2.05) is 26.0 Å². The Labute approximate surface area is 173 Å². The van der Waals surface area contributed by atoms with Crippen LogP contribution in [0.3, 0.4) is 0 Å². The largest absolute Gasteiger partial charge is 0.493 e. The van der Waals surface area contributed by atoms with Crippen molar-refractivity contribution in [2.45, 2.75) is 31.2 Å². The molecule has 30 heavy (non-hydrogen) atoms. The van der Waals surface area contributed by atoms with Crippen LogP contribution in [0.1, 0.15) is 35.3 Å². The molecule has 3 heterocycles. The molecule has 7 nitrogen and oxygen atoms in total. The van der Waals surface area contributed by atoms with Crippen molar-refractivity contribution < 1.29 is 33.6 Å². The van der Waals surface area contributed by atoms with Crippen molar-refractivity contribution in [2.75, 3.05) is 20.8 Å². The van der Waals surface area contributed by atoms with Gasteiger partial charge >= 0.3 is 0 Å². The van der Waals surface area contributed by atoms with Crippen LogP contribution in [-0.4, -0.2) is 43.4 Å². The minimum Gasteiger partial charge on any atom is -0.493 e. The van der Waals surface area contributed by atoms with Crippen molar-refractivity contribution in [1.82, 2.24) is 0 Å². The Bertz CT molecular complexity index is 1100.